The van der Waals surface area contributed by atoms with E-state index < -0.39 is 0 Å². The van der Waals surface area contributed by atoms with Gasteiger partial charge in [0.25, 0.3) is 0 Å². The summed E-state index contributed by atoms with van der Waals surface area (Å²) in [4.78, 5) is 8.17. The van der Waals surface area contributed by atoms with Crippen molar-refractivity contribution in [3.63, 3.8) is 0 Å². The van der Waals surface area contributed by atoms with Crippen molar-refractivity contribution < 1.29 is 0 Å². The highest BCUT2D eigenvalue weighted by Gasteiger charge is 1.95. The minimum atomic E-state index is 0.641. The van der Waals surface area contributed by atoms with Gasteiger partial charge in [-0.3, -0.25) is 9.97 Å². The first kappa shape index (κ1) is 10.2. The Bertz CT molecular complexity index is 500. The molecule has 0 bridgehead atoms. The van der Waals surface area contributed by atoms with Gasteiger partial charge in [-0.2, -0.15) is 0 Å². The van der Waals surface area contributed by atoms with E-state index in [9.17, 15) is 0 Å². The number of hydrogen-bond donors (Lipinski definition) is 1. The maximum atomic E-state index is 5.33. The fraction of sp³-hybridized carbons (Fsp3) is 0.0769. The van der Waals surface area contributed by atoms with Gasteiger partial charge in [-0.05, 0) is 18.2 Å². The van der Waals surface area contributed by atoms with Crippen LogP contribution in [0.2, 0.25) is 0 Å². The van der Waals surface area contributed by atoms with Gasteiger partial charge in [-0.1, -0.05) is 12.0 Å². The second-order valence-corrected chi connectivity index (χ2v) is 3.28. The summed E-state index contributed by atoms with van der Waals surface area (Å²) in [7, 11) is 0. The zero-order chi connectivity index (χ0) is 11.2. The molecule has 0 atom stereocenters. The summed E-state index contributed by atoms with van der Waals surface area (Å²) < 4.78 is 0. The first-order chi connectivity index (χ1) is 7.88. The molecule has 3 heteroatoms. The first-order valence-electron chi connectivity index (χ1n) is 4.94. The highest BCUT2D eigenvalue weighted by molar-refractivity contribution is 5.49. The fourth-order valence-corrected chi connectivity index (χ4v) is 1.33. The molecule has 3 nitrogen and oxygen atoms in total. The molecule has 0 fully saturated rings. The second kappa shape index (κ2) is 4.94. The third kappa shape index (κ3) is 2.58. The molecule has 0 saturated carbocycles. The Morgan fingerprint density at radius 3 is 3.00 bits per heavy atom. The van der Waals surface area contributed by atoms with Crippen LogP contribution in [0.1, 0.15) is 11.3 Å². The molecule has 78 valence electrons. The first-order valence-corrected chi connectivity index (χ1v) is 4.94. The van der Waals surface area contributed by atoms with Gasteiger partial charge < -0.3 is 5.32 Å². The van der Waals surface area contributed by atoms with Gasteiger partial charge in [0.15, 0.2) is 0 Å². The average molecular weight is 209 g/mol. The van der Waals surface area contributed by atoms with Crippen LogP contribution in [0.25, 0.3) is 0 Å². The van der Waals surface area contributed by atoms with Crippen LogP contribution in [0.5, 0.6) is 0 Å². The summed E-state index contributed by atoms with van der Waals surface area (Å²) in [5, 5.41) is 3.24. The largest absolute Gasteiger partial charge is 0.379 e. The molecule has 0 spiro atoms. The summed E-state index contributed by atoms with van der Waals surface area (Å²) in [5.74, 6) is 2.60. The smallest absolute Gasteiger partial charge is 0.0777 e. The number of terminal acetylenes is 1. The van der Waals surface area contributed by atoms with Crippen LogP contribution in [-0.2, 0) is 6.54 Å². The zero-order valence-electron chi connectivity index (χ0n) is 8.72. The Balaban J connectivity index is 2.03. The molecule has 16 heavy (non-hydrogen) atoms. The van der Waals surface area contributed by atoms with Crippen LogP contribution in [0.15, 0.2) is 42.9 Å². The van der Waals surface area contributed by atoms with Crippen molar-refractivity contribution in [1.82, 2.24) is 9.97 Å². The average Bonchev–Trinajstić information content (AvgIpc) is 2.38. The number of nitrogens with zero attached hydrogens (tertiary/aromatic N) is 2. The molecule has 0 aliphatic heterocycles. The maximum absolute atomic E-state index is 5.33. The molecule has 2 rings (SSSR count). The molecular weight excluding hydrogens is 198 g/mol. The monoisotopic (exact) mass is 209 g/mol. The van der Waals surface area contributed by atoms with E-state index in [0.29, 0.717) is 6.54 Å². The molecular formula is C13H11N3. The third-order valence-corrected chi connectivity index (χ3v) is 2.12. The van der Waals surface area contributed by atoms with Gasteiger partial charge >= 0.3 is 0 Å². The molecule has 0 aliphatic rings. The van der Waals surface area contributed by atoms with E-state index in [0.717, 1.165) is 16.9 Å². The fourth-order valence-electron chi connectivity index (χ4n) is 1.33. The molecule has 1 aromatic heterocycles. The van der Waals surface area contributed by atoms with Crippen molar-refractivity contribution in [3.8, 4) is 12.3 Å². The lowest BCUT2D eigenvalue weighted by atomic mass is 10.2. The minimum Gasteiger partial charge on any atom is -0.379 e. The van der Waals surface area contributed by atoms with Gasteiger partial charge in [0.05, 0.1) is 18.4 Å². The molecule has 0 unspecified atom stereocenters. The molecule has 2 aromatic rings. The Hall–Kier alpha value is -2.34. The topological polar surface area (TPSA) is 37.8 Å². The van der Waals surface area contributed by atoms with E-state index in [1.807, 2.05) is 24.3 Å². The van der Waals surface area contributed by atoms with Gasteiger partial charge in [-0.25, -0.2) is 0 Å². The lowest BCUT2D eigenvalue weighted by Crippen LogP contribution is -2.01. The van der Waals surface area contributed by atoms with E-state index >= 15 is 0 Å². The number of rotatable bonds is 3. The quantitative estimate of drug-likeness (QED) is 0.786. The van der Waals surface area contributed by atoms with Crippen molar-refractivity contribution >= 4 is 5.69 Å². The summed E-state index contributed by atoms with van der Waals surface area (Å²) in [6.45, 7) is 0.641. The van der Waals surface area contributed by atoms with E-state index in [4.69, 9.17) is 6.42 Å². The maximum Gasteiger partial charge on any atom is 0.0777 e. The van der Waals surface area contributed by atoms with Crippen LogP contribution < -0.4 is 5.32 Å². The van der Waals surface area contributed by atoms with Crippen molar-refractivity contribution in [3.05, 3.63) is 54.1 Å². The standard InChI is InChI=1S/C13H11N3/c1-2-11-4-3-5-12(8-11)16-10-13-9-14-6-7-15-13/h1,3-9,16H,10H2. The Labute approximate surface area is 94.6 Å². The summed E-state index contributed by atoms with van der Waals surface area (Å²) >= 11 is 0. The Morgan fingerprint density at radius 2 is 2.25 bits per heavy atom. The molecule has 0 amide bonds. The summed E-state index contributed by atoms with van der Waals surface area (Å²) in [6.07, 6.45) is 10.4. The Kier molecular flexibility index (Phi) is 3.15. The zero-order valence-corrected chi connectivity index (χ0v) is 8.72. The lowest BCUT2D eigenvalue weighted by Gasteiger charge is -2.05. The molecule has 1 heterocycles. The lowest BCUT2D eigenvalue weighted by molar-refractivity contribution is 1.01. The Morgan fingerprint density at radius 1 is 1.31 bits per heavy atom. The predicted molar refractivity (Wildman–Crippen MR) is 63.7 cm³/mol. The second-order valence-electron chi connectivity index (χ2n) is 3.28. The predicted octanol–water partition coefficient (Wildman–Crippen LogP) is 2.07. The third-order valence-electron chi connectivity index (χ3n) is 2.12. The summed E-state index contributed by atoms with van der Waals surface area (Å²) in [5.41, 5.74) is 2.75. The SMILES string of the molecule is C#Cc1cccc(NCc2cnccn2)c1. The molecule has 1 aromatic carbocycles. The van der Waals surface area contributed by atoms with Crippen molar-refractivity contribution in [2.24, 2.45) is 0 Å². The van der Waals surface area contributed by atoms with Crippen molar-refractivity contribution in [2.45, 2.75) is 6.54 Å². The van der Waals surface area contributed by atoms with Crippen LogP contribution in [0, 0.1) is 12.3 Å². The molecule has 0 saturated heterocycles. The highest BCUT2D eigenvalue weighted by Crippen LogP contribution is 2.10. The normalized spacial score (nSPS) is 9.44. The van der Waals surface area contributed by atoms with Crippen molar-refractivity contribution in [1.29, 1.82) is 0 Å². The summed E-state index contributed by atoms with van der Waals surface area (Å²) in [6, 6.07) is 7.72. The van der Waals surface area contributed by atoms with Gasteiger partial charge in [0.2, 0.25) is 0 Å². The number of anilines is 1. The van der Waals surface area contributed by atoms with Crippen LogP contribution >= 0.6 is 0 Å². The number of aromatic nitrogens is 2. The molecule has 1 N–H and O–H groups in total. The van der Waals surface area contributed by atoms with Crippen LogP contribution in [0.3, 0.4) is 0 Å². The number of benzene rings is 1. The van der Waals surface area contributed by atoms with E-state index in [-0.39, 0.29) is 0 Å². The highest BCUT2D eigenvalue weighted by atomic mass is 14.9. The van der Waals surface area contributed by atoms with Crippen LogP contribution in [0.4, 0.5) is 5.69 Å². The van der Waals surface area contributed by atoms with Gasteiger partial charge in [-0.15, -0.1) is 6.42 Å². The minimum absolute atomic E-state index is 0.641. The van der Waals surface area contributed by atoms with E-state index in [1.54, 1.807) is 18.6 Å². The van der Waals surface area contributed by atoms with Crippen LogP contribution in [-0.4, -0.2) is 9.97 Å². The van der Waals surface area contributed by atoms with Gasteiger partial charge in [0, 0.05) is 23.6 Å². The molecule has 0 radical (unpaired) electrons. The molecule has 0 aliphatic carbocycles. The van der Waals surface area contributed by atoms with E-state index in [1.165, 1.54) is 0 Å². The van der Waals surface area contributed by atoms with Crippen molar-refractivity contribution in [2.75, 3.05) is 5.32 Å². The number of nitrogens with one attached hydrogen (secondary N) is 1. The van der Waals surface area contributed by atoms with E-state index in [2.05, 4.69) is 21.2 Å². The number of hydrogen-bond acceptors (Lipinski definition) is 3. The van der Waals surface area contributed by atoms with Gasteiger partial charge in [0.1, 0.15) is 0 Å².